The standard InChI is InChI=1S/C18H22F2N6O4.C18H24F2N6O2.C12H15ClF2N4O2.C6H5Cl2N3O2.C6H6Cl2N2.C6H11F2N.C6H8N2O2.C5H2Cl3N/c1-3-30-17(27)12-6-9-25(24-12)14-10-13(21-2)15(26(28)29)16(23-14)22-11-4-7-18(19,20)8-5-11;1-3-28-17(27)12-6-9-26(25-12)14-10-13(22-2)15(21)16(24-14)23-11-4-7-18(19,20)8-5-11;1-16-8-6-9(13)18-11(10(8)19(20)21)17-7-2-4-12(14,15)5-3-7;1-9-3-2-4(7)10-6(8)5(3)11(12)13;1-9-4-2-5(7)10-6(8)3-4;7-6(8)3-1-5(9)2-4-6;1-2-10-6(9)5-3-4-7-8-5;6-3-1-4(7)9-5(8)2-3/h6,9-11H,3-5,7-8H2,1-2H3,(H2,21,22,23);6,9-11H,3-5,7-8,21H2,1-2H3,(H2,22,23,24);6-7H,2-5H2,1H3,(H2,16,17,18);2H,1H3,(H,9,10);2-3H,1H3,(H,9,10);5H,1-4,9H2;3-4H,2H2,1H3,(H,7,8);1-2H. The zero-order valence-electron chi connectivity index (χ0n) is 70.7. The first-order chi connectivity index (χ1) is 61.3. The Morgan fingerprint density at radius 2 is 0.792 bits per heavy atom. The maximum atomic E-state index is 13.4. The van der Waals surface area contributed by atoms with Crippen molar-refractivity contribution in [1.29, 1.82) is 0 Å². The number of nitrogen functional groups attached to an aromatic ring is 1. The summed E-state index contributed by atoms with van der Waals surface area (Å²) in [7, 11) is 8.10. The second kappa shape index (κ2) is 51.0. The van der Waals surface area contributed by atoms with Gasteiger partial charge in [0.1, 0.15) is 53.7 Å². The van der Waals surface area contributed by atoms with E-state index in [9.17, 15) is 79.8 Å². The van der Waals surface area contributed by atoms with Gasteiger partial charge in [0.15, 0.2) is 28.8 Å². The molecule has 0 amide bonds. The summed E-state index contributed by atoms with van der Waals surface area (Å²) in [6.07, 6.45) is 5.57. The molecule has 37 nitrogen and oxygen atoms in total. The van der Waals surface area contributed by atoms with E-state index in [0.29, 0.717) is 86.6 Å². The summed E-state index contributed by atoms with van der Waals surface area (Å²) in [5.74, 6) is -10.9. The molecule has 0 spiro atoms. The molecule has 13 rings (SSSR count). The van der Waals surface area contributed by atoms with E-state index in [2.05, 4.69) is 97.6 Å². The van der Waals surface area contributed by atoms with Crippen molar-refractivity contribution >= 4 is 179 Å². The number of rotatable bonds is 22. The molecule has 0 aliphatic heterocycles. The molecular weight excluding hydrogens is 1900 g/mol. The summed E-state index contributed by atoms with van der Waals surface area (Å²) in [5, 5.41) is 72.6. The van der Waals surface area contributed by atoms with Crippen LogP contribution in [0.5, 0.6) is 0 Å². The first kappa shape index (κ1) is 108. The smallest absolute Gasteiger partial charge is 0.358 e. The average Bonchev–Trinajstić information content (AvgIpc) is 1.55. The monoisotopic (exact) mass is 1990 g/mol. The molecule has 4 saturated carbocycles. The molecule has 9 aromatic heterocycles. The normalized spacial score (nSPS) is 15.3. The van der Waals surface area contributed by atoms with E-state index in [4.69, 9.17) is 114 Å². The number of hydrogen-bond donors (Lipinski definition) is 11. The Kier molecular flexibility index (Phi) is 42.3. The second-order valence-electron chi connectivity index (χ2n) is 28.2. The van der Waals surface area contributed by atoms with Crippen molar-refractivity contribution in [2.75, 3.05) is 103 Å². The number of aromatic nitrogens is 12. The fraction of sp³-hybridized carbons (Fsp3) is 0.455. The summed E-state index contributed by atoms with van der Waals surface area (Å²) in [6, 6.07) is 16.0. The number of H-pyrrole nitrogens is 1. The van der Waals surface area contributed by atoms with Crippen LogP contribution in [0.3, 0.4) is 0 Å². The van der Waals surface area contributed by atoms with Gasteiger partial charge >= 0.3 is 35.0 Å². The quantitative estimate of drug-likeness (QED) is 0.00749. The van der Waals surface area contributed by atoms with Gasteiger partial charge in [0.05, 0.1) is 46.0 Å². The van der Waals surface area contributed by atoms with Crippen molar-refractivity contribution in [3.63, 3.8) is 0 Å². The van der Waals surface area contributed by atoms with Gasteiger partial charge in [-0.2, -0.15) is 15.3 Å². The number of alkyl halides is 8. The highest BCUT2D eigenvalue weighted by Crippen LogP contribution is 2.42. The number of nitrogens with two attached hydrogens (primary N) is 2. The summed E-state index contributed by atoms with van der Waals surface area (Å²) in [5.41, 5.74) is 13.9. The number of ether oxygens (including phenoxy) is 3. The van der Waals surface area contributed by atoms with Gasteiger partial charge in [-0.15, -0.1) is 0 Å². The summed E-state index contributed by atoms with van der Waals surface area (Å²) >= 11 is 44.6. The Balaban J connectivity index is 0.000000240. The molecule has 130 heavy (non-hydrogen) atoms. The van der Waals surface area contributed by atoms with Gasteiger partial charge in [-0.25, -0.2) is 88.8 Å². The number of carbonyl (C=O) groups excluding carboxylic acids is 3. The van der Waals surface area contributed by atoms with E-state index in [1.807, 2.05) is 0 Å². The van der Waals surface area contributed by atoms with E-state index in [0.717, 1.165) is 5.69 Å². The predicted octanol–water partition coefficient (Wildman–Crippen LogP) is 20.0. The van der Waals surface area contributed by atoms with Crippen LogP contribution >= 0.6 is 92.8 Å². The Labute approximate surface area is 778 Å². The molecule has 0 bridgehead atoms. The first-order valence-corrected chi connectivity index (χ1v) is 42.6. The average molecular weight is 2000 g/mol. The van der Waals surface area contributed by atoms with Gasteiger partial charge in [-0.05, 0) is 115 Å². The molecule has 0 radical (unpaired) electrons. The van der Waals surface area contributed by atoms with Gasteiger partial charge in [0.2, 0.25) is 40.5 Å². The lowest BCUT2D eigenvalue weighted by Gasteiger charge is -2.29. The number of nitrogens with one attached hydrogen (secondary N) is 9. The van der Waals surface area contributed by atoms with Crippen molar-refractivity contribution in [3.05, 3.63) is 174 Å². The molecular formula is C77H93Cl8F8N25O12. The lowest BCUT2D eigenvalue weighted by atomic mass is 9.92. The summed E-state index contributed by atoms with van der Waals surface area (Å²) in [6.45, 7) is 5.98. The van der Waals surface area contributed by atoms with Gasteiger partial charge in [-0.1, -0.05) is 92.8 Å². The van der Waals surface area contributed by atoms with Crippen molar-refractivity contribution in [2.45, 2.75) is 171 Å². The van der Waals surface area contributed by atoms with E-state index in [-0.39, 0.29) is 199 Å². The number of hydrogen-bond acceptors (Lipinski definition) is 31. The fourth-order valence-corrected chi connectivity index (χ4v) is 14.2. The zero-order valence-corrected chi connectivity index (χ0v) is 76.7. The number of halogens is 16. The first-order valence-electron chi connectivity index (χ1n) is 39.5. The van der Waals surface area contributed by atoms with E-state index >= 15 is 0 Å². The van der Waals surface area contributed by atoms with Crippen molar-refractivity contribution in [2.24, 2.45) is 5.73 Å². The molecule has 0 unspecified atom stereocenters. The van der Waals surface area contributed by atoms with Crippen LogP contribution in [0.25, 0.3) is 11.6 Å². The number of nitrogens with zero attached hydrogens (tertiary/aromatic N) is 14. The largest absolute Gasteiger partial charge is 0.461 e. The van der Waals surface area contributed by atoms with Crippen LogP contribution in [-0.4, -0.2) is 195 Å². The highest BCUT2D eigenvalue weighted by molar-refractivity contribution is 6.37. The van der Waals surface area contributed by atoms with Crippen molar-refractivity contribution in [1.82, 2.24) is 59.7 Å². The zero-order chi connectivity index (χ0) is 96.5. The van der Waals surface area contributed by atoms with Crippen LogP contribution in [0.2, 0.25) is 41.1 Å². The minimum Gasteiger partial charge on any atom is -0.461 e. The molecule has 4 fully saturated rings. The molecule has 53 heteroatoms. The Hall–Kier alpha value is -10.9. The number of anilines is 9. The van der Waals surface area contributed by atoms with Gasteiger partial charge < -0.3 is 68.2 Å². The van der Waals surface area contributed by atoms with E-state index in [1.54, 1.807) is 65.3 Å². The SMILES string of the molecule is CCOC(=O)c1ccn(-c2cc(NC)c(N)c(NC3CCC(F)(F)CC3)n2)n1.CCOC(=O)c1ccn(-c2cc(NC)c([N+](=O)[O-])c(NC3CCC(F)(F)CC3)n2)n1.CCOC(=O)c1ccn[nH]1.CNc1cc(Cl)nc(Cl)c1.CNc1cc(Cl)nc(Cl)c1[N+](=O)[O-].CNc1cc(Cl)nc(NC2CCC(F)(F)CC2)c1[N+](=O)[O-].Clc1cc(Cl)nc(Cl)c1.NC1CCC(F)(F)CC1. The highest BCUT2D eigenvalue weighted by Gasteiger charge is 2.40. The Morgan fingerprint density at radius 1 is 0.454 bits per heavy atom. The number of esters is 3. The maximum absolute atomic E-state index is 13.4. The molecule has 0 saturated heterocycles. The van der Waals surface area contributed by atoms with Crippen LogP contribution in [0, 0.1) is 30.3 Å². The van der Waals surface area contributed by atoms with Crippen LogP contribution in [0.4, 0.5) is 104 Å². The number of aromatic amines is 1. The third-order valence-electron chi connectivity index (χ3n) is 18.9. The predicted molar refractivity (Wildman–Crippen MR) is 482 cm³/mol. The molecule has 0 aromatic carbocycles. The third kappa shape index (κ3) is 34.7. The molecule has 4 aliphatic rings. The van der Waals surface area contributed by atoms with Gasteiger partial charge in [-0.3, -0.25) is 35.4 Å². The molecule has 4 aliphatic carbocycles. The fourth-order valence-electron chi connectivity index (χ4n) is 12.3. The Bertz CT molecular complexity index is 5170. The molecule has 13 N–H and O–H groups in total. The van der Waals surface area contributed by atoms with Crippen molar-refractivity contribution in [3.8, 4) is 11.6 Å². The van der Waals surface area contributed by atoms with Gasteiger partial charge in [0.25, 0.3) is 0 Å². The maximum Gasteiger partial charge on any atom is 0.358 e. The van der Waals surface area contributed by atoms with E-state index in [1.165, 1.54) is 85.4 Å². The second-order valence-corrected chi connectivity index (χ2v) is 31.3. The van der Waals surface area contributed by atoms with E-state index < -0.39 is 50.4 Å². The van der Waals surface area contributed by atoms with Crippen molar-refractivity contribution < 1.29 is 78.5 Å². The van der Waals surface area contributed by atoms with Crippen LogP contribution in [0.1, 0.15) is 155 Å². The third-order valence-corrected chi connectivity index (χ3v) is 20.5. The van der Waals surface area contributed by atoms with Crippen LogP contribution in [-0.2, 0) is 14.2 Å². The topological polar surface area (TPSA) is 498 Å². The lowest BCUT2D eigenvalue weighted by Crippen LogP contribution is -2.32. The number of carbonyl (C=O) groups is 3. The summed E-state index contributed by atoms with van der Waals surface area (Å²) in [4.78, 5) is 89.7. The molecule has 9 heterocycles. The molecule has 710 valence electrons. The Morgan fingerprint density at radius 3 is 1.15 bits per heavy atom. The summed E-state index contributed by atoms with van der Waals surface area (Å²) < 4.78 is 122. The lowest BCUT2D eigenvalue weighted by molar-refractivity contribution is -0.384. The number of nitro groups is 3. The minimum absolute atomic E-state index is 0.00654. The highest BCUT2D eigenvalue weighted by atomic mass is 35.5. The van der Waals surface area contributed by atoms with Crippen LogP contribution in [0.15, 0.2) is 85.3 Å². The van der Waals surface area contributed by atoms with Gasteiger partial charge in [0, 0.05) is 164 Å². The number of pyridine rings is 6. The van der Waals surface area contributed by atoms with Crippen LogP contribution < -0.4 is 54.0 Å². The minimum atomic E-state index is -2.71. The molecule has 9 aromatic rings. The molecule has 0 atom stereocenters.